The van der Waals surface area contributed by atoms with E-state index in [1.807, 2.05) is 44.0 Å². The zero-order valence-electron chi connectivity index (χ0n) is 23.3. The number of anilines is 1. The van der Waals surface area contributed by atoms with E-state index in [2.05, 4.69) is 32.2 Å². The highest BCUT2D eigenvalue weighted by Crippen LogP contribution is 2.37. The molecule has 3 aromatic heterocycles. The Balaban J connectivity index is 1.51. The van der Waals surface area contributed by atoms with Gasteiger partial charge in [0.15, 0.2) is 0 Å². The van der Waals surface area contributed by atoms with E-state index in [-0.39, 0.29) is 28.2 Å². The molecule has 12 nitrogen and oxygen atoms in total. The number of aryl methyl sites for hydroxylation is 1. The summed E-state index contributed by atoms with van der Waals surface area (Å²) in [7, 11) is -3.80. The van der Waals surface area contributed by atoms with E-state index in [9.17, 15) is 13.2 Å². The Kier molecular flexibility index (Phi) is 8.17. The molecule has 40 heavy (non-hydrogen) atoms. The van der Waals surface area contributed by atoms with Crippen molar-refractivity contribution >= 4 is 15.7 Å². The third-order valence-electron chi connectivity index (χ3n) is 7.34. The number of nitrogens with one attached hydrogen (secondary N) is 2. The molecule has 0 aliphatic carbocycles. The number of likely N-dealkylation sites (N-methyl/N-ethyl adjacent to an activating group) is 1. The van der Waals surface area contributed by atoms with E-state index in [4.69, 9.17) is 9.72 Å². The minimum absolute atomic E-state index is 0.0383. The summed E-state index contributed by atoms with van der Waals surface area (Å²) >= 11 is 0. The molecule has 0 amide bonds. The molecule has 1 unspecified atom stereocenters. The monoisotopic (exact) mass is 568 g/mol. The molecular weight excluding hydrogens is 532 g/mol. The fourth-order valence-corrected chi connectivity index (χ4v) is 6.59. The second-order valence-corrected chi connectivity index (χ2v) is 11.8. The molecule has 3 aromatic rings. The van der Waals surface area contributed by atoms with Crippen molar-refractivity contribution in [2.45, 2.75) is 51.6 Å². The third kappa shape index (κ3) is 5.46. The maximum atomic E-state index is 13.5. The lowest BCUT2D eigenvalue weighted by molar-refractivity contribution is 0.196. The number of sulfonamides is 1. The molecule has 13 heteroatoms. The number of nitrogens with zero attached hydrogens (tertiary/aromatic N) is 6. The van der Waals surface area contributed by atoms with Crippen molar-refractivity contribution in [3.63, 3.8) is 0 Å². The molecule has 2 N–H and O–H groups in total. The second-order valence-electron chi connectivity index (χ2n) is 9.90. The van der Waals surface area contributed by atoms with Gasteiger partial charge in [-0.25, -0.2) is 23.4 Å². The number of piperazine rings is 1. The second kappa shape index (κ2) is 11.6. The summed E-state index contributed by atoms with van der Waals surface area (Å²) in [6.07, 6.45) is 2.00. The number of hydrogen-bond acceptors (Lipinski definition) is 10. The highest BCUT2D eigenvalue weighted by molar-refractivity contribution is 7.89. The first-order chi connectivity index (χ1) is 19.2. The molecule has 0 radical (unpaired) electrons. The van der Waals surface area contributed by atoms with Crippen LogP contribution in [0.2, 0.25) is 0 Å². The number of aromatic nitrogens is 4. The largest absolute Gasteiger partial charge is 0.477 e. The molecule has 2 aliphatic heterocycles. The van der Waals surface area contributed by atoms with E-state index in [1.165, 1.54) is 16.6 Å². The Bertz CT molecular complexity index is 1540. The standard InChI is InChI=1S/C27H36N8O4S/c1-5-22-23-24(32-35(22)17-19-10-8-9-18(4)29-19)26(36)31-25(30-23)21-15-20(16-28-27(21)39-7-3)40(37,38)34-13-11-33(6-2)12-14-34/h8-10,15-16,22,32H,5-7,11-14,17H2,1-4H3,(H,30,31,36). The Morgan fingerprint density at radius 3 is 2.55 bits per heavy atom. The van der Waals surface area contributed by atoms with Gasteiger partial charge in [0, 0.05) is 31.9 Å². The molecule has 0 saturated carbocycles. The average Bonchev–Trinajstić information content (AvgIpc) is 3.30. The van der Waals surface area contributed by atoms with Crippen molar-refractivity contribution in [1.29, 1.82) is 0 Å². The lowest BCUT2D eigenvalue weighted by Gasteiger charge is -2.33. The van der Waals surface area contributed by atoms with Crippen molar-refractivity contribution in [1.82, 2.24) is 34.1 Å². The van der Waals surface area contributed by atoms with E-state index in [0.29, 0.717) is 62.7 Å². The summed E-state index contributed by atoms with van der Waals surface area (Å²) in [6.45, 7) is 11.7. The third-order valence-corrected chi connectivity index (χ3v) is 9.20. The summed E-state index contributed by atoms with van der Waals surface area (Å²) in [5, 5.41) is 1.96. The highest BCUT2D eigenvalue weighted by Gasteiger charge is 2.34. The normalized spacial score (nSPS) is 18.4. The van der Waals surface area contributed by atoms with Gasteiger partial charge in [-0.2, -0.15) is 4.31 Å². The smallest absolute Gasteiger partial charge is 0.276 e. The molecule has 1 atom stereocenters. The minimum atomic E-state index is -3.80. The molecule has 214 valence electrons. The van der Waals surface area contributed by atoms with Crippen LogP contribution < -0.4 is 15.7 Å². The SMILES string of the molecule is CCOc1ncc(S(=O)(=O)N2CCN(CC)CC2)cc1-c1nc2c(c(=O)[nH]1)NN(Cc1cccc(C)n1)C2CC. The van der Waals surface area contributed by atoms with Crippen LogP contribution in [0.25, 0.3) is 11.4 Å². The molecule has 1 fully saturated rings. The van der Waals surface area contributed by atoms with Crippen LogP contribution in [0.15, 0.2) is 40.2 Å². The van der Waals surface area contributed by atoms with Gasteiger partial charge in [0.1, 0.15) is 16.4 Å². The number of hydrazine groups is 1. The van der Waals surface area contributed by atoms with Crippen molar-refractivity contribution in [3.05, 3.63) is 57.9 Å². The lowest BCUT2D eigenvalue weighted by atomic mass is 10.1. The van der Waals surface area contributed by atoms with Gasteiger partial charge in [-0.15, -0.1) is 0 Å². The number of pyridine rings is 2. The van der Waals surface area contributed by atoms with Gasteiger partial charge in [0.2, 0.25) is 15.9 Å². The molecule has 5 heterocycles. The molecule has 2 aliphatic rings. The van der Waals surface area contributed by atoms with E-state index >= 15 is 0 Å². The van der Waals surface area contributed by atoms with Crippen LogP contribution >= 0.6 is 0 Å². The number of aromatic amines is 1. The van der Waals surface area contributed by atoms with Crippen LogP contribution in [-0.4, -0.2) is 81.9 Å². The van der Waals surface area contributed by atoms with Crippen LogP contribution in [0.1, 0.15) is 50.3 Å². The Labute approximate surface area is 234 Å². The summed E-state index contributed by atoms with van der Waals surface area (Å²) in [5.74, 6) is 0.420. The zero-order chi connectivity index (χ0) is 28.4. The molecule has 1 saturated heterocycles. The highest BCUT2D eigenvalue weighted by atomic mass is 32.2. The first kappa shape index (κ1) is 28.1. The van der Waals surface area contributed by atoms with Gasteiger partial charge in [0.25, 0.3) is 5.56 Å². The van der Waals surface area contributed by atoms with Crippen LogP contribution in [0.5, 0.6) is 5.88 Å². The summed E-state index contributed by atoms with van der Waals surface area (Å²) in [4.78, 5) is 32.1. The minimum Gasteiger partial charge on any atom is -0.477 e. The van der Waals surface area contributed by atoms with Gasteiger partial charge < -0.3 is 20.0 Å². The van der Waals surface area contributed by atoms with Gasteiger partial charge in [0.05, 0.1) is 42.3 Å². The lowest BCUT2D eigenvalue weighted by Crippen LogP contribution is -2.48. The number of rotatable bonds is 9. The molecule has 5 rings (SSSR count). The quantitative estimate of drug-likeness (QED) is 0.396. The average molecular weight is 569 g/mol. The predicted molar refractivity (Wildman–Crippen MR) is 151 cm³/mol. The molecule has 0 bridgehead atoms. The van der Waals surface area contributed by atoms with Crippen LogP contribution in [0, 0.1) is 6.92 Å². The van der Waals surface area contributed by atoms with Crippen LogP contribution in [0.3, 0.4) is 0 Å². The van der Waals surface area contributed by atoms with Gasteiger partial charge >= 0.3 is 0 Å². The van der Waals surface area contributed by atoms with Gasteiger partial charge in [-0.1, -0.05) is 19.9 Å². The summed E-state index contributed by atoms with van der Waals surface area (Å²) in [5.41, 5.74) is 5.91. The fourth-order valence-electron chi connectivity index (χ4n) is 5.19. The van der Waals surface area contributed by atoms with Crippen molar-refractivity contribution in [3.8, 4) is 17.3 Å². The Hall–Kier alpha value is -3.39. The first-order valence-electron chi connectivity index (χ1n) is 13.7. The number of ether oxygens (including phenoxy) is 1. The summed E-state index contributed by atoms with van der Waals surface area (Å²) in [6, 6.07) is 7.15. The van der Waals surface area contributed by atoms with Gasteiger partial charge in [-0.05, 0) is 45.0 Å². The first-order valence-corrected chi connectivity index (χ1v) is 15.1. The predicted octanol–water partition coefficient (Wildman–Crippen LogP) is 2.55. The number of H-pyrrole nitrogens is 1. The van der Waals surface area contributed by atoms with Crippen LogP contribution in [-0.2, 0) is 16.6 Å². The Morgan fingerprint density at radius 1 is 1.10 bits per heavy atom. The molecular formula is C27H36N8O4S. The number of fused-ring (bicyclic) bond motifs is 1. The van der Waals surface area contributed by atoms with Gasteiger partial charge in [-0.3, -0.25) is 9.78 Å². The summed E-state index contributed by atoms with van der Waals surface area (Å²) < 4.78 is 34.3. The van der Waals surface area contributed by atoms with Crippen molar-refractivity contribution in [2.75, 3.05) is 44.8 Å². The van der Waals surface area contributed by atoms with Crippen molar-refractivity contribution in [2.24, 2.45) is 0 Å². The zero-order valence-corrected chi connectivity index (χ0v) is 24.2. The van der Waals surface area contributed by atoms with E-state index < -0.39 is 10.0 Å². The number of hydrogen-bond donors (Lipinski definition) is 2. The topological polar surface area (TPSA) is 137 Å². The van der Waals surface area contributed by atoms with E-state index in [0.717, 1.165) is 17.9 Å². The maximum absolute atomic E-state index is 13.5. The fraction of sp³-hybridized carbons (Fsp3) is 0.481. The molecule has 0 aromatic carbocycles. The van der Waals surface area contributed by atoms with Crippen molar-refractivity contribution < 1.29 is 13.2 Å². The van der Waals surface area contributed by atoms with E-state index in [1.54, 1.807) is 0 Å². The molecule has 0 spiro atoms. The Morgan fingerprint density at radius 2 is 1.88 bits per heavy atom. The van der Waals surface area contributed by atoms with Crippen LogP contribution in [0.4, 0.5) is 5.69 Å². The maximum Gasteiger partial charge on any atom is 0.276 e.